The molecule has 2 atom stereocenters. The summed E-state index contributed by atoms with van der Waals surface area (Å²) in [5.41, 5.74) is -0.0249. The average Bonchev–Trinajstić information content (AvgIpc) is 2.56. The smallest absolute Gasteiger partial charge is 0.326 e. The average molecular weight is 272 g/mol. The monoisotopic (exact) mass is 272 g/mol. The first-order valence-electron chi connectivity index (χ1n) is 6.24. The number of aliphatic carboxylic acids is 2. The minimum atomic E-state index is -1.41. The number of carbonyl (C=O) groups is 3. The van der Waals surface area contributed by atoms with Crippen molar-refractivity contribution in [1.29, 1.82) is 0 Å². The first kappa shape index (κ1) is 15.3. The van der Waals surface area contributed by atoms with Crippen LogP contribution < -0.4 is 10.6 Å². The van der Waals surface area contributed by atoms with Crippen LogP contribution in [0.2, 0.25) is 0 Å². The number of hydrogen-bond acceptors (Lipinski definition) is 3. The van der Waals surface area contributed by atoms with Crippen LogP contribution in [0.25, 0.3) is 0 Å². The molecule has 4 N–H and O–H groups in total. The van der Waals surface area contributed by atoms with Crippen molar-refractivity contribution < 1.29 is 24.6 Å². The predicted molar refractivity (Wildman–Crippen MR) is 66.8 cm³/mol. The van der Waals surface area contributed by atoms with E-state index in [0.717, 1.165) is 19.3 Å². The highest BCUT2D eigenvalue weighted by Gasteiger charge is 2.36. The number of urea groups is 1. The van der Waals surface area contributed by atoms with Crippen LogP contribution in [0.1, 0.15) is 39.5 Å². The first-order valence-corrected chi connectivity index (χ1v) is 6.24. The quantitative estimate of drug-likeness (QED) is 0.590. The van der Waals surface area contributed by atoms with Gasteiger partial charge >= 0.3 is 18.0 Å². The lowest BCUT2D eigenvalue weighted by Gasteiger charge is -2.28. The van der Waals surface area contributed by atoms with E-state index < -0.39 is 30.4 Å². The third-order valence-electron chi connectivity index (χ3n) is 3.54. The molecule has 2 amide bonds. The van der Waals surface area contributed by atoms with E-state index in [1.807, 2.05) is 13.8 Å². The summed E-state index contributed by atoms with van der Waals surface area (Å²) >= 11 is 0. The maximum Gasteiger partial charge on any atom is 0.326 e. The molecule has 1 unspecified atom stereocenters. The summed E-state index contributed by atoms with van der Waals surface area (Å²) in [6, 6.07) is -2.07. The van der Waals surface area contributed by atoms with Gasteiger partial charge < -0.3 is 20.8 Å². The molecule has 1 fully saturated rings. The highest BCUT2D eigenvalue weighted by molar-refractivity contribution is 5.86. The van der Waals surface area contributed by atoms with Crippen molar-refractivity contribution in [2.24, 2.45) is 5.41 Å². The van der Waals surface area contributed by atoms with Gasteiger partial charge in [-0.15, -0.1) is 0 Å². The second-order valence-corrected chi connectivity index (χ2v) is 5.54. The van der Waals surface area contributed by atoms with Crippen molar-refractivity contribution in [3.05, 3.63) is 0 Å². The molecule has 1 aliphatic rings. The molecular weight excluding hydrogens is 252 g/mol. The van der Waals surface area contributed by atoms with E-state index in [4.69, 9.17) is 10.2 Å². The zero-order valence-electron chi connectivity index (χ0n) is 11.1. The Hall–Kier alpha value is -1.79. The number of carboxylic acid groups (broad SMARTS) is 2. The maximum atomic E-state index is 11.7. The number of rotatable bonds is 5. The lowest BCUT2D eigenvalue weighted by atomic mass is 9.87. The molecule has 0 aliphatic heterocycles. The molecule has 108 valence electrons. The number of carbonyl (C=O) groups excluding carboxylic acids is 1. The van der Waals surface area contributed by atoms with E-state index in [1.165, 1.54) is 0 Å². The Balaban J connectivity index is 2.53. The summed E-state index contributed by atoms with van der Waals surface area (Å²) in [5, 5.41) is 22.3. The van der Waals surface area contributed by atoms with Crippen LogP contribution in [0, 0.1) is 5.41 Å². The minimum Gasteiger partial charge on any atom is -0.481 e. The molecule has 0 saturated heterocycles. The summed E-state index contributed by atoms with van der Waals surface area (Å²) in [6.07, 6.45) is 2.21. The van der Waals surface area contributed by atoms with Gasteiger partial charge in [0.05, 0.1) is 6.42 Å². The van der Waals surface area contributed by atoms with Crippen LogP contribution in [0.5, 0.6) is 0 Å². The van der Waals surface area contributed by atoms with Crippen molar-refractivity contribution in [2.75, 3.05) is 0 Å². The van der Waals surface area contributed by atoms with Gasteiger partial charge in [-0.3, -0.25) is 4.79 Å². The van der Waals surface area contributed by atoms with E-state index in [2.05, 4.69) is 10.6 Å². The first-order chi connectivity index (χ1) is 8.72. The minimum absolute atomic E-state index is 0.0215. The zero-order chi connectivity index (χ0) is 14.6. The molecule has 1 rings (SSSR count). The largest absolute Gasteiger partial charge is 0.481 e. The van der Waals surface area contributed by atoms with Crippen LogP contribution in [0.15, 0.2) is 0 Å². The molecule has 7 heteroatoms. The second kappa shape index (κ2) is 5.90. The van der Waals surface area contributed by atoms with Gasteiger partial charge in [0.1, 0.15) is 6.04 Å². The summed E-state index contributed by atoms with van der Waals surface area (Å²) in [4.78, 5) is 33.0. The van der Waals surface area contributed by atoms with Gasteiger partial charge in [-0.05, 0) is 18.3 Å². The molecule has 1 saturated carbocycles. The second-order valence-electron chi connectivity index (χ2n) is 5.54. The molecule has 0 aromatic rings. The maximum absolute atomic E-state index is 11.7. The Labute approximate surface area is 111 Å². The van der Waals surface area contributed by atoms with Gasteiger partial charge in [-0.25, -0.2) is 9.59 Å². The topological polar surface area (TPSA) is 116 Å². The fraction of sp³-hybridized carbons (Fsp3) is 0.750. The number of carboxylic acids is 2. The van der Waals surface area contributed by atoms with Crippen LogP contribution in [0.3, 0.4) is 0 Å². The van der Waals surface area contributed by atoms with Crippen molar-refractivity contribution >= 4 is 18.0 Å². The SMILES string of the molecule is CC1(C)CCCC1NC(=O)N[C@H](CC(=O)O)C(=O)O. The Kier molecular flexibility index (Phi) is 4.74. The Morgan fingerprint density at radius 2 is 1.95 bits per heavy atom. The van der Waals surface area contributed by atoms with Crippen molar-refractivity contribution in [3.8, 4) is 0 Å². The Bertz CT molecular complexity index is 380. The molecule has 0 heterocycles. The molecule has 7 nitrogen and oxygen atoms in total. The van der Waals surface area contributed by atoms with Crippen LogP contribution in [-0.2, 0) is 9.59 Å². The summed E-state index contributed by atoms with van der Waals surface area (Å²) in [5.74, 6) is -2.63. The van der Waals surface area contributed by atoms with Crippen molar-refractivity contribution in [2.45, 2.75) is 51.6 Å². The summed E-state index contributed by atoms with van der Waals surface area (Å²) in [7, 11) is 0. The fourth-order valence-corrected chi connectivity index (χ4v) is 2.33. The highest BCUT2D eigenvalue weighted by atomic mass is 16.4. The molecule has 0 aromatic heterocycles. The number of amides is 2. The predicted octanol–water partition coefficient (Wildman–Crippen LogP) is 0.792. The van der Waals surface area contributed by atoms with Gasteiger partial charge in [0, 0.05) is 6.04 Å². The molecule has 0 aromatic carbocycles. The lowest BCUT2D eigenvalue weighted by molar-refractivity contribution is -0.145. The molecular formula is C12H20N2O5. The van der Waals surface area contributed by atoms with E-state index in [0.29, 0.717) is 0 Å². The normalized spacial score (nSPS) is 22.5. The summed E-state index contributed by atoms with van der Waals surface area (Å²) < 4.78 is 0. The van der Waals surface area contributed by atoms with Gasteiger partial charge in [0.25, 0.3) is 0 Å². The highest BCUT2D eigenvalue weighted by Crippen LogP contribution is 2.37. The fourth-order valence-electron chi connectivity index (χ4n) is 2.33. The van der Waals surface area contributed by atoms with Gasteiger partial charge in [-0.1, -0.05) is 20.3 Å². The van der Waals surface area contributed by atoms with E-state index in [1.54, 1.807) is 0 Å². The zero-order valence-corrected chi connectivity index (χ0v) is 11.1. The molecule has 0 bridgehead atoms. The summed E-state index contributed by atoms with van der Waals surface area (Å²) in [6.45, 7) is 4.08. The van der Waals surface area contributed by atoms with Crippen LogP contribution in [0.4, 0.5) is 4.79 Å². The van der Waals surface area contributed by atoms with Gasteiger partial charge in [0.2, 0.25) is 0 Å². The molecule has 0 radical (unpaired) electrons. The van der Waals surface area contributed by atoms with Crippen LogP contribution in [-0.4, -0.2) is 40.3 Å². The van der Waals surface area contributed by atoms with E-state index in [-0.39, 0.29) is 11.5 Å². The Morgan fingerprint density at radius 3 is 2.37 bits per heavy atom. The van der Waals surface area contributed by atoms with Crippen molar-refractivity contribution in [1.82, 2.24) is 10.6 Å². The van der Waals surface area contributed by atoms with Gasteiger partial charge in [0.15, 0.2) is 0 Å². The lowest BCUT2D eigenvalue weighted by Crippen LogP contribution is -2.51. The molecule has 0 spiro atoms. The molecule has 1 aliphatic carbocycles. The number of nitrogens with one attached hydrogen (secondary N) is 2. The third kappa shape index (κ3) is 4.42. The van der Waals surface area contributed by atoms with E-state index in [9.17, 15) is 14.4 Å². The third-order valence-corrected chi connectivity index (χ3v) is 3.54. The van der Waals surface area contributed by atoms with Crippen molar-refractivity contribution in [3.63, 3.8) is 0 Å². The number of hydrogen-bond donors (Lipinski definition) is 4. The van der Waals surface area contributed by atoms with Gasteiger partial charge in [-0.2, -0.15) is 0 Å². The Morgan fingerprint density at radius 1 is 1.32 bits per heavy atom. The van der Waals surface area contributed by atoms with E-state index >= 15 is 0 Å². The molecule has 19 heavy (non-hydrogen) atoms. The standard InChI is InChI=1S/C12H20N2O5/c1-12(2)5-3-4-8(12)14-11(19)13-7(10(17)18)6-9(15)16/h7-8H,3-6H2,1-2H3,(H,15,16)(H,17,18)(H2,13,14,19)/t7-,8?/m1/s1. The van der Waals surface area contributed by atoms with Crippen LogP contribution >= 0.6 is 0 Å².